The molecule has 1 amide bonds. The normalized spacial score (nSPS) is 22.0. The molecule has 3 rings (SSSR count). The van der Waals surface area contributed by atoms with Gasteiger partial charge in [-0.1, -0.05) is 12.1 Å². The lowest BCUT2D eigenvalue weighted by molar-refractivity contribution is -0.129. The maximum Gasteiger partial charge on any atom is 0.227 e. The lowest BCUT2D eigenvalue weighted by atomic mass is 10.1. The van der Waals surface area contributed by atoms with Gasteiger partial charge in [-0.2, -0.15) is 0 Å². The summed E-state index contributed by atoms with van der Waals surface area (Å²) in [7, 11) is 3.85. The summed E-state index contributed by atoms with van der Waals surface area (Å²) < 4.78 is 5.55. The van der Waals surface area contributed by atoms with Crippen molar-refractivity contribution in [3.8, 4) is 0 Å². The number of hydrogen-bond acceptors (Lipinski definition) is 4. The van der Waals surface area contributed by atoms with Crippen LogP contribution in [0.2, 0.25) is 0 Å². The summed E-state index contributed by atoms with van der Waals surface area (Å²) in [6.45, 7) is 2.98. The molecular weight excluding hydrogens is 280 g/mol. The second kappa shape index (κ2) is 5.74. The minimum Gasteiger partial charge on any atom is -0.464 e. The number of likely N-dealkylation sites (N-methyl/N-ethyl adjacent to an activating group) is 1. The van der Waals surface area contributed by atoms with Crippen LogP contribution in [0.1, 0.15) is 11.1 Å². The molecule has 22 heavy (non-hydrogen) atoms. The van der Waals surface area contributed by atoms with Gasteiger partial charge in [-0.15, -0.1) is 0 Å². The van der Waals surface area contributed by atoms with Crippen molar-refractivity contribution in [1.29, 1.82) is 0 Å². The number of likely N-dealkylation sites (tertiary alicyclic amines) is 1. The van der Waals surface area contributed by atoms with E-state index in [9.17, 15) is 9.90 Å². The van der Waals surface area contributed by atoms with E-state index in [-0.39, 0.29) is 11.9 Å². The molecule has 0 bridgehead atoms. The van der Waals surface area contributed by atoms with E-state index in [1.165, 1.54) is 0 Å². The Bertz CT molecular complexity index is 692. The van der Waals surface area contributed by atoms with E-state index < -0.39 is 6.10 Å². The second-order valence-corrected chi connectivity index (χ2v) is 6.33. The fraction of sp³-hybridized carbons (Fsp3) is 0.471. The van der Waals surface area contributed by atoms with Crippen LogP contribution < -0.4 is 0 Å². The number of rotatable bonds is 3. The van der Waals surface area contributed by atoms with E-state index in [4.69, 9.17) is 4.42 Å². The van der Waals surface area contributed by atoms with Gasteiger partial charge in [0.05, 0.1) is 24.8 Å². The predicted octanol–water partition coefficient (Wildman–Crippen LogP) is 1.42. The molecule has 0 unspecified atom stereocenters. The number of β-amino-alcohol motifs (C(OH)–C–C–N with tert-alkyl or cyclic N) is 1. The van der Waals surface area contributed by atoms with Gasteiger partial charge in [-0.25, -0.2) is 0 Å². The monoisotopic (exact) mass is 302 g/mol. The summed E-state index contributed by atoms with van der Waals surface area (Å²) >= 11 is 0. The third-order valence-corrected chi connectivity index (χ3v) is 4.43. The molecule has 1 aliphatic rings. The van der Waals surface area contributed by atoms with Crippen molar-refractivity contribution < 1.29 is 14.3 Å². The zero-order chi connectivity index (χ0) is 15.9. The Morgan fingerprint density at radius 2 is 2.18 bits per heavy atom. The van der Waals surface area contributed by atoms with Gasteiger partial charge < -0.3 is 19.3 Å². The number of carbonyl (C=O) groups is 1. The largest absolute Gasteiger partial charge is 0.464 e. The molecule has 1 saturated heterocycles. The molecule has 1 aliphatic heterocycles. The molecule has 1 N–H and O–H groups in total. The highest BCUT2D eigenvalue weighted by Crippen LogP contribution is 2.24. The number of amides is 1. The van der Waals surface area contributed by atoms with Crippen molar-refractivity contribution in [3.63, 3.8) is 0 Å². The van der Waals surface area contributed by atoms with Crippen molar-refractivity contribution in [2.24, 2.45) is 0 Å². The smallest absolute Gasteiger partial charge is 0.227 e. The third-order valence-electron chi connectivity index (χ3n) is 4.43. The molecule has 1 fully saturated rings. The van der Waals surface area contributed by atoms with E-state index in [1.807, 2.05) is 44.1 Å². The van der Waals surface area contributed by atoms with Gasteiger partial charge in [0.2, 0.25) is 5.91 Å². The molecule has 2 heterocycles. The highest BCUT2D eigenvalue weighted by Gasteiger charge is 2.35. The first-order valence-corrected chi connectivity index (χ1v) is 7.54. The van der Waals surface area contributed by atoms with Crippen LogP contribution in [0.3, 0.4) is 0 Å². The molecule has 5 nitrogen and oxygen atoms in total. The number of fused-ring (bicyclic) bond motifs is 1. The summed E-state index contributed by atoms with van der Waals surface area (Å²) in [4.78, 5) is 16.2. The Morgan fingerprint density at radius 1 is 1.41 bits per heavy atom. The Kier molecular flexibility index (Phi) is 3.93. The van der Waals surface area contributed by atoms with Crippen LogP contribution in [0.5, 0.6) is 0 Å². The van der Waals surface area contributed by atoms with E-state index >= 15 is 0 Å². The van der Waals surface area contributed by atoms with Gasteiger partial charge in [0.25, 0.3) is 0 Å². The number of benzene rings is 1. The van der Waals surface area contributed by atoms with Crippen molar-refractivity contribution in [2.75, 3.05) is 27.2 Å². The molecule has 2 aromatic rings. The fourth-order valence-corrected chi connectivity index (χ4v) is 3.08. The molecule has 0 radical (unpaired) electrons. The van der Waals surface area contributed by atoms with Gasteiger partial charge >= 0.3 is 0 Å². The Labute approximate surface area is 130 Å². The van der Waals surface area contributed by atoms with Crippen LogP contribution in [0.25, 0.3) is 11.0 Å². The lowest BCUT2D eigenvalue weighted by Gasteiger charge is -2.21. The van der Waals surface area contributed by atoms with Crippen LogP contribution in [0.4, 0.5) is 0 Å². The van der Waals surface area contributed by atoms with Crippen LogP contribution in [0.15, 0.2) is 28.9 Å². The third kappa shape index (κ3) is 2.74. The van der Waals surface area contributed by atoms with Crippen LogP contribution in [0, 0.1) is 6.92 Å². The van der Waals surface area contributed by atoms with E-state index in [0.29, 0.717) is 19.5 Å². The number of carbonyl (C=O) groups excluding carboxylic acids is 1. The highest BCUT2D eigenvalue weighted by molar-refractivity contribution is 5.88. The first kappa shape index (κ1) is 15.1. The summed E-state index contributed by atoms with van der Waals surface area (Å²) in [5, 5.41) is 11.0. The molecule has 5 heteroatoms. The molecular formula is C17H22N2O3. The molecule has 0 aliphatic carbocycles. The van der Waals surface area contributed by atoms with Crippen molar-refractivity contribution in [3.05, 3.63) is 35.6 Å². The molecule has 2 atom stereocenters. The maximum absolute atomic E-state index is 12.5. The number of furan rings is 1. The molecule has 1 aromatic heterocycles. The minimum atomic E-state index is -0.484. The zero-order valence-corrected chi connectivity index (χ0v) is 13.2. The van der Waals surface area contributed by atoms with E-state index in [1.54, 1.807) is 11.2 Å². The molecule has 118 valence electrons. The molecule has 0 spiro atoms. The van der Waals surface area contributed by atoms with Gasteiger partial charge in [0.15, 0.2) is 0 Å². The summed E-state index contributed by atoms with van der Waals surface area (Å²) in [6.07, 6.45) is 1.49. The average molecular weight is 302 g/mol. The Morgan fingerprint density at radius 3 is 2.86 bits per heavy atom. The number of aryl methyl sites for hydroxylation is 1. The van der Waals surface area contributed by atoms with Crippen molar-refractivity contribution in [2.45, 2.75) is 25.5 Å². The van der Waals surface area contributed by atoms with Gasteiger partial charge in [0.1, 0.15) is 5.58 Å². The first-order valence-electron chi connectivity index (χ1n) is 7.54. The lowest BCUT2D eigenvalue weighted by Crippen LogP contribution is -2.38. The second-order valence-electron chi connectivity index (χ2n) is 6.33. The number of aliphatic hydroxyl groups is 1. The van der Waals surface area contributed by atoms with Gasteiger partial charge in [0, 0.05) is 24.0 Å². The van der Waals surface area contributed by atoms with Gasteiger partial charge in [-0.05, 0) is 32.6 Å². The maximum atomic E-state index is 12.5. The number of aliphatic hydroxyl groups excluding tert-OH is 1. The minimum absolute atomic E-state index is 0.00712. The van der Waals surface area contributed by atoms with Crippen LogP contribution in [-0.4, -0.2) is 60.1 Å². The van der Waals surface area contributed by atoms with Crippen molar-refractivity contribution >= 4 is 16.9 Å². The van der Waals surface area contributed by atoms with E-state index in [0.717, 1.165) is 22.1 Å². The van der Waals surface area contributed by atoms with Crippen molar-refractivity contribution in [1.82, 2.24) is 9.80 Å². The van der Waals surface area contributed by atoms with Crippen LogP contribution >= 0.6 is 0 Å². The SMILES string of the molecule is Cc1ccc2c(CC(=O)N3C[C@@H](O)[C@H](N(C)C)C3)coc2c1. The number of hydrogen-bond donors (Lipinski definition) is 1. The Balaban J connectivity index is 1.74. The van der Waals surface area contributed by atoms with E-state index in [2.05, 4.69) is 0 Å². The zero-order valence-electron chi connectivity index (χ0n) is 13.2. The summed E-state index contributed by atoms with van der Waals surface area (Å²) in [6, 6.07) is 6.00. The first-order chi connectivity index (χ1) is 10.5. The van der Waals surface area contributed by atoms with Crippen LogP contribution in [-0.2, 0) is 11.2 Å². The topological polar surface area (TPSA) is 56.9 Å². The summed E-state index contributed by atoms with van der Waals surface area (Å²) in [5.41, 5.74) is 2.86. The highest BCUT2D eigenvalue weighted by atomic mass is 16.3. The Hall–Kier alpha value is -1.85. The molecule has 0 saturated carbocycles. The average Bonchev–Trinajstić information content (AvgIpc) is 3.02. The summed E-state index contributed by atoms with van der Waals surface area (Å²) in [5.74, 6) is 0.0340. The number of nitrogens with zero attached hydrogens (tertiary/aromatic N) is 2. The quantitative estimate of drug-likeness (QED) is 0.931. The van der Waals surface area contributed by atoms with Gasteiger partial charge in [-0.3, -0.25) is 4.79 Å². The predicted molar refractivity (Wildman–Crippen MR) is 84.7 cm³/mol. The fourth-order valence-electron chi connectivity index (χ4n) is 3.08. The molecule has 1 aromatic carbocycles. The standard InChI is InChI=1S/C17H22N2O3/c1-11-4-5-13-12(10-22-16(13)6-11)7-17(21)19-8-14(18(2)3)15(20)9-19/h4-6,10,14-15,20H,7-9H2,1-3H3/t14-,15-/m1/s1.